The molecule has 0 fully saturated rings. The molecular weight excluding hydrogens is 577 g/mol. The van der Waals surface area contributed by atoms with Crippen LogP contribution in [-0.2, 0) is 12.8 Å². The van der Waals surface area contributed by atoms with Crippen molar-refractivity contribution in [1.82, 2.24) is 0 Å². The Labute approximate surface area is 289 Å². The minimum Gasteiger partial charge on any atom is -0.0651 e. The van der Waals surface area contributed by atoms with Gasteiger partial charge in [0.2, 0.25) is 0 Å². The molecule has 0 saturated carbocycles. The van der Waals surface area contributed by atoms with Gasteiger partial charge in [0.15, 0.2) is 0 Å². The number of hydrogen-bond acceptors (Lipinski definition) is 0. The zero-order valence-corrected chi connectivity index (χ0v) is 27.3. The van der Waals surface area contributed by atoms with E-state index >= 15 is 0 Å². The third-order valence-electron chi connectivity index (χ3n) is 10.1. The van der Waals surface area contributed by atoms with Crippen molar-refractivity contribution < 1.29 is 6.85 Å². The van der Waals surface area contributed by atoms with E-state index in [0.29, 0.717) is 5.56 Å². The molecule has 9 aromatic rings. The summed E-state index contributed by atoms with van der Waals surface area (Å²) < 4.78 is 43.2. The first-order chi connectivity index (χ1) is 25.8. The molecule has 0 N–H and O–H groups in total. The van der Waals surface area contributed by atoms with Crippen LogP contribution in [-0.4, -0.2) is 0 Å². The van der Waals surface area contributed by atoms with Crippen molar-refractivity contribution >= 4 is 53.9 Å². The first kappa shape index (κ1) is 23.8. The average molecular weight is 620 g/mol. The lowest BCUT2D eigenvalue weighted by Gasteiger charge is -2.22. The summed E-state index contributed by atoms with van der Waals surface area (Å²) in [7, 11) is 0. The van der Waals surface area contributed by atoms with E-state index < -0.39 is 0 Å². The zero-order valence-electron chi connectivity index (χ0n) is 32.3. The molecule has 0 heterocycles. The number of rotatable bonds is 7. The van der Waals surface area contributed by atoms with Gasteiger partial charge in [-0.25, -0.2) is 0 Å². The Balaban J connectivity index is 1.37. The van der Waals surface area contributed by atoms with E-state index in [1.165, 1.54) is 54.6 Å². The van der Waals surface area contributed by atoms with Crippen LogP contribution in [0.15, 0.2) is 145 Å². The Kier molecular flexibility index (Phi) is 5.78. The van der Waals surface area contributed by atoms with E-state index in [4.69, 9.17) is 6.85 Å². The van der Waals surface area contributed by atoms with Gasteiger partial charge in [-0.1, -0.05) is 172 Å². The molecule has 0 unspecified atom stereocenters. The van der Waals surface area contributed by atoms with E-state index in [-0.39, 0.29) is 35.8 Å². The first-order valence-electron chi connectivity index (χ1n) is 19.7. The largest absolute Gasteiger partial charge is 0.0651 e. The van der Waals surface area contributed by atoms with Crippen LogP contribution in [0.2, 0.25) is 0 Å². The van der Waals surface area contributed by atoms with Crippen LogP contribution in [0.4, 0.5) is 0 Å². The Bertz CT molecular complexity index is 2790. The number of benzene rings is 9. The normalized spacial score (nSPS) is 13.3. The predicted octanol–water partition coefficient (Wildman–Crippen LogP) is 13.8. The highest BCUT2D eigenvalue weighted by Gasteiger charge is 2.21. The Morgan fingerprint density at radius 2 is 0.938 bits per heavy atom. The SMILES string of the molecule is [2H]c1c([2H])c([2H])c(-c2c3ccccc3c(-c3cc(CCC)c(-c4ccc5ccc6cccc7ccc4c5c67)c(CCC)c3)c3ccccc23)c([2H])c1[2H]. The molecule has 48 heavy (non-hydrogen) atoms. The van der Waals surface area contributed by atoms with Gasteiger partial charge in [0, 0.05) is 0 Å². The van der Waals surface area contributed by atoms with E-state index in [1.54, 1.807) is 0 Å². The summed E-state index contributed by atoms with van der Waals surface area (Å²) in [5, 5.41) is 11.4. The minimum atomic E-state index is -0.384. The number of fused-ring (bicyclic) bond motifs is 2. The maximum Gasteiger partial charge on any atom is 0.0629 e. The van der Waals surface area contributed by atoms with Gasteiger partial charge in [-0.05, 0) is 111 Å². The summed E-state index contributed by atoms with van der Waals surface area (Å²) in [6.07, 6.45) is 3.87. The molecule has 0 aromatic heterocycles. The van der Waals surface area contributed by atoms with Gasteiger partial charge in [-0.2, -0.15) is 0 Å². The van der Waals surface area contributed by atoms with Gasteiger partial charge in [0.05, 0.1) is 6.85 Å². The predicted molar refractivity (Wildman–Crippen MR) is 209 cm³/mol. The van der Waals surface area contributed by atoms with Gasteiger partial charge < -0.3 is 0 Å². The highest BCUT2D eigenvalue weighted by atomic mass is 14.2. The second-order valence-corrected chi connectivity index (χ2v) is 13.0. The van der Waals surface area contributed by atoms with E-state index in [9.17, 15) is 0 Å². The number of hydrogen-bond donors (Lipinski definition) is 0. The molecule has 9 rings (SSSR count). The minimum absolute atomic E-state index is 0.188. The fraction of sp³-hybridized carbons (Fsp3) is 0.125. The van der Waals surface area contributed by atoms with Gasteiger partial charge in [0.25, 0.3) is 0 Å². The summed E-state index contributed by atoms with van der Waals surface area (Å²) in [6, 6.07) is 40.0. The molecule has 0 aliphatic rings. The maximum atomic E-state index is 8.95. The highest BCUT2D eigenvalue weighted by Crippen LogP contribution is 2.47. The molecular formula is C48H38. The molecule has 0 aliphatic carbocycles. The molecule has 0 heteroatoms. The smallest absolute Gasteiger partial charge is 0.0629 e. The van der Waals surface area contributed by atoms with Crippen molar-refractivity contribution in [2.45, 2.75) is 39.5 Å². The lowest BCUT2D eigenvalue weighted by Crippen LogP contribution is -2.00. The summed E-state index contributed by atoms with van der Waals surface area (Å²) in [4.78, 5) is 0. The van der Waals surface area contributed by atoms with Crippen LogP contribution < -0.4 is 0 Å². The highest BCUT2D eigenvalue weighted by molar-refractivity contribution is 6.26. The van der Waals surface area contributed by atoms with Crippen molar-refractivity contribution in [2.75, 3.05) is 0 Å². The topological polar surface area (TPSA) is 0 Å². The second-order valence-electron chi connectivity index (χ2n) is 13.0. The van der Waals surface area contributed by atoms with E-state index in [1.807, 2.05) is 36.4 Å². The summed E-state index contributed by atoms with van der Waals surface area (Å²) in [6.45, 7) is 4.50. The fourth-order valence-electron chi connectivity index (χ4n) is 8.23. The molecule has 0 radical (unpaired) electrons. The zero-order chi connectivity index (χ0) is 36.5. The van der Waals surface area contributed by atoms with Crippen LogP contribution in [0.3, 0.4) is 0 Å². The van der Waals surface area contributed by atoms with Gasteiger partial charge in [0.1, 0.15) is 0 Å². The Morgan fingerprint density at radius 3 is 1.50 bits per heavy atom. The fourth-order valence-corrected chi connectivity index (χ4v) is 8.23. The van der Waals surface area contributed by atoms with Crippen LogP contribution in [0.1, 0.15) is 44.7 Å². The van der Waals surface area contributed by atoms with Crippen LogP contribution in [0.5, 0.6) is 0 Å². The molecule has 0 bridgehead atoms. The van der Waals surface area contributed by atoms with Gasteiger partial charge >= 0.3 is 0 Å². The van der Waals surface area contributed by atoms with Crippen molar-refractivity contribution in [3.63, 3.8) is 0 Å². The molecule has 0 saturated heterocycles. The summed E-state index contributed by atoms with van der Waals surface area (Å²) in [5.74, 6) is 0. The van der Waals surface area contributed by atoms with Gasteiger partial charge in [-0.3, -0.25) is 0 Å². The van der Waals surface area contributed by atoms with Crippen molar-refractivity contribution in [2.24, 2.45) is 0 Å². The van der Waals surface area contributed by atoms with E-state index in [2.05, 4.69) is 92.7 Å². The molecule has 9 aromatic carbocycles. The molecule has 0 atom stereocenters. The second kappa shape index (κ2) is 11.7. The van der Waals surface area contributed by atoms with Crippen molar-refractivity contribution in [3.8, 4) is 33.4 Å². The van der Waals surface area contributed by atoms with E-state index in [0.717, 1.165) is 58.4 Å². The lowest BCUT2D eigenvalue weighted by molar-refractivity contribution is 0.900. The molecule has 0 amide bonds. The standard InChI is InChI=1S/C48H38/c1-3-13-35-29-37(47-40-21-10-8-19-38(40)46(31-15-6-5-7-16-31)39-20-9-11-22-41(39)47)30-36(14-4-2)44(35)42-27-26-34-24-23-32-17-12-18-33-25-28-43(42)48(34)45(32)33/h5-12,15-30H,3-4,13-14H2,1-2H3/i5D,6D,7D,15D,16D. The summed E-state index contributed by atoms with van der Waals surface area (Å²) >= 11 is 0. The van der Waals surface area contributed by atoms with Crippen LogP contribution in [0.25, 0.3) is 87.2 Å². The quantitative estimate of drug-likeness (QED) is 0.123. The first-order valence-corrected chi connectivity index (χ1v) is 17.2. The Hall–Kier alpha value is -5.46. The maximum absolute atomic E-state index is 8.95. The van der Waals surface area contributed by atoms with Crippen molar-refractivity contribution in [1.29, 1.82) is 0 Å². The monoisotopic (exact) mass is 619 g/mol. The van der Waals surface area contributed by atoms with Crippen molar-refractivity contribution in [3.05, 3.63) is 157 Å². The molecule has 0 nitrogen and oxygen atoms in total. The third-order valence-corrected chi connectivity index (χ3v) is 10.1. The third kappa shape index (κ3) is 4.44. The molecule has 0 aliphatic heterocycles. The Morgan fingerprint density at radius 1 is 0.438 bits per heavy atom. The van der Waals surface area contributed by atoms with Crippen LogP contribution >= 0.6 is 0 Å². The molecule has 0 spiro atoms. The number of aryl methyl sites for hydroxylation is 2. The molecule has 230 valence electrons. The van der Waals surface area contributed by atoms with Gasteiger partial charge in [-0.15, -0.1) is 0 Å². The van der Waals surface area contributed by atoms with Crippen LogP contribution in [0, 0.1) is 0 Å². The average Bonchev–Trinajstić information content (AvgIpc) is 3.18. The summed E-state index contributed by atoms with van der Waals surface area (Å²) in [5.41, 5.74) is 8.41. The lowest BCUT2D eigenvalue weighted by atomic mass is 9.81.